The third-order valence-electron chi connectivity index (χ3n) is 3.52. The second kappa shape index (κ2) is 7.85. The standard InChI is InChI=1S/C17H23N5O4/c1-17(2,3)14-15(19-16(23)22-20-14)21-18-9-10-7-12(25-5)13(26-6)8-11(10)24-4/h7-9H,1-6H3,(H2,19,21,22,23)/b18-9+. The van der Waals surface area contributed by atoms with Crippen molar-refractivity contribution in [2.45, 2.75) is 26.2 Å². The molecule has 1 aromatic carbocycles. The van der Waals surface area contributed by atoms with Gasteiger partial charge >= 0.3 is 5.69 Å². The molecule has 2 aromatic rings. The summed E-state index contributed by atoms with van der Waals surface area (Å²) < 4.78 is 15.9. The molecule has 0 radical (unpaired) electrons. The lowest BCUT2D eigenvalue weighted by molar-refractivity contribution is 0.349. The van der Waals surface area contributed by atoms with Gasteiger partial charge in [0.2, 0.25) is 0 Å². The number of ether oxygens (including phenoxy) is 3. The Balaban J connectivity index is 2.35. The lowest BCUT2D eigenvalue weighted by Gasteiger charge is -2.18. The SMILES string of the molecule is COc1cc(OC)c(OC)cc1/C=N/Nc1nc(=O)[nH]nc1C(C)(C)C. The maximum Gasteiger partial charge on any atom is 0.363 e. The Morgan fingerprint density at radius 3 is 2.27 bits per heavy atom. The van der Waals surface area contributed by atoms with Crippen molar-refractivity contribution in [3.8, 4) is 17.2 Å². The zero-order valence-electron chi connectivity index (χ0n) is 15.7. The molecule has 0 amide bonds. The first-order valence-electron chi connectivity index (χ1n) is 7.86. The smallest absolute Gasteiger partial charge is 0.363 e. The van der Waals surface area contributed by atoms with Gasteiger partial charge in [0, 0.05) is 17.0 Å². The Kier molecular flexibility index (Phi) is 5.81. The molecule has 0 fully saturated rings. The summed E-state index contributed by atoms with van der Waals surface area (Å²) in [7, 11) is 4.64. The van der Waals surface area contributed by atoms with Gasteiger partial charge in [0.25, 0.3) is 0 Å². The molecule has 9 nitrogen and oxygen atoms in total. The van der Waals surface area contributed by atoms with Gasteiger partial charge in [-0.25, -0.2) is 9.89 Å². The van der Waals surface area contributed by atoms with Crippen molar-refractivity contribution in [3.05, 3.63) is 33.9 Å². The number of aromatic amines is 1. The minimum atomic E-state index is -0.556. The molecule has 9 heteroatoms. The molecule has 0 atom stereocenters. The summed E-state index contributed by atoms with van der Waals surface area (Å²) in [5, 5.41) is 10.6. The van der Waals surface area contributed by atoms with E-state index in [1.165, 1.54) is 6.21 Å². The Bertz CT molecular complexity index is 855. The van der Waals surface area contributed by atoms with Gasteiger partial charge in [0.05, 0.1) is 27.5 Å². The van der Waals surface area contributed by atoms with Gasteiger partial charge in [-0.15, -0.1) is 0 Å². The zero-order chi connectivity index (χ0) is 19.3. The second-order valence-electron chi connectivity index (χ2n) is 6.41. The Labute approximate surface area is 151 Å². The third-order valence-corrected chi connectivity index (χ3v) is 3.52. The van der Waals surface area contributed by atoms with Crippen molar-refractivity contribution in [2.24, 2.45) is 5.10 Å². The van der Waals surface area contributed by atoms with E-state index in [-0.39, 0.29) is 11.2 Å². The van der Waals surface area contributed by atoms with Crippen LogP contribution in [0.15, 0.2) is 22.0 Å². The monoisotopic (exact) mass is 361 g/mol. The molecule has 0 unspecified atom stereocenters. The third kappa shape index (κ3) is 4.29. The molecule has 2 N–H and O–H groups in total. The number of hydrogen-bond donors (Lipinski definition) is 2. The highest BCUT2D eigenvalue weighted by Gasteiger charge is 2.21. The van der Waals surface area contributed by atoms with E-state index in [0.29, 0.717) is 28.5 Å². The highest BCUT2D eigenvalue weighted by Crippen LogP contribution is 2.33. The minimum absolute atomic E-state index is 0.289. The van der Waals surface area contributed by atoms with Crippen molar-refractivity contribution >= 4 is 12.0 Å². The fourth-order valence-corrected chi connectivity index (χ4v) is 2.25. The van der Waals surface area contributed by atoms with Gasteiger partial charge in [0.1, 0.15) is 11.4 Å². The quantitative estimate of drug-likeness (QED) is 0.597. The van der Waals surface area contributed by atoms with Gasteiger partial charge in [-0.1, -0.05) is 20.8 Å². The Morgan fingerprint density at radius 1 is 1.08 bits per heavy atom. The minimum Gasteiger partial charge on any atom is -0.496 e. The zero-order valence-corrected chi connectivity index (χ0v) is 15.7. The van der Waals surface area contributed by atoms with E-state index in [1.54, 1.807) is 33.5 Å². The number of nitrogens with one attached hydrogen (secondary N) is 2. The van der Waals surface area contributed by atoms with E-state index in [4.69, 9.17) is 14.2 Å². The van der Waals surface area contributed by atoms with E-state index >= 15 is 0 Å². The number of methoxy groups -OCH3 is 3. The van der Waals surface area contributed by atoms with Crippen LogP contribution in [0.3, 0.4) is 0 Å². The molecule has 0 aliphatic rings. The van der Waals surface area contributed by atoms with Crippen LogP contribution in [-0.4, -0.2) is 42.7 Å². The number of aromatic nitrogens is 3. The average Bonchev–Trinajstić information content (AvgIpc) is 2.60. The number of benzene rings is 1. The number of hydrazone groups is 1. The van der Waals surface area contributed by atoms with Crippen LogP contribution in [0.5, 0.6) is 17.2 Å². The number of anilines is 1. The van der Waals surface area contributed by atoms with Gasteiger partial charge in [0.15, 0.2) is 17.3 Å². The number of nitrogens with zero attached hydrogens (tertiary/aromatic N) is 3. The molecule has 0 spiro atoms. The van der Waals surface area contributed by atoms with E-state index in [9.17, 15) is 4.79 Å². The Hall–Kier alpha value is -3.10. The van der Waals surface area contributed by atoms with Crippen molar-refractivity contribution in [3.63, 3.8) is 0 Å². The first-order chi connectivity index (χ1) is 12.3. The lowest BCUT2D eigenvalue weighted by atomic mass is 9.92. The normalized spacial score (nSPS) is 11.5. The number of rotatable bonds is 6. The average molecular weight is 361 g/mol. The summed E-state index contributed by atoms with van der Waals surface area (Å²) in [5.41, 5.74) is 3.15. The van der Waals surface area contributed by atoms with Crippen molar-refractivity contribution < 1.29 is 14.2 Å². The van der Waals surface area contributed by atoms with Crippen LogP contribution in [0.2, 0.25) is 0 Å². The molecule has 0 aliphatic heterocycles. The predicted octanol–water partition coefficient (Wildman–Crippen LogP) is 1.93. The molecule has 0 aliphatic carbocycles. The van der Waals surface area contributed by atoms with Crippen molar-refractivity contribution in [2.75, 3.05) is 26.8 Å². The fraction of sp³-hybridized carbons (Fsp3) is 0.412. The molecule has 2 rings (SSSR count). The highest BCUT2D eigenvalue weighted by atomic mass is 16.5. The van der Waals surface area contributed by atoms with Crippen LogP contribution < -0.4 is 25.3 Å². The molecular weight excluding hydrogens is 338 g/mol. The molecular formula is C17H23N5O4. The summed E-state index contributed by atoms with van der Waals surface area (Å²) in [4.78, 5) is 15.4. The van der Waals surface area contributed by atoms with Gasteiger partial charge in [-0.3, -0.25) is 5.43 Å². The summed E-state index contributed by atoms with van der Waals surface area (Å²) in [5.74, 6) is 1.93. The predicted molar refractivity (Wildman–Crippen MR) is 98.7 cm³/mol. The molecule has 0 bridgehead atoms. The van der Waals surface area contributed by atoms with Gasteiger partial charge in [-0.2, -0.15) is 15.2 Å². The molecule has 1 aromatic heterocycles. The number of hydrogen-bond acceptors (Lipinski definition) is 8. The van der Waals surface area contributed by atoms with Crippen LogP contribution >= 0.6 is 0 Å². The van der Waals surface area contributed by atoms with Crippen LogP contribution in [0.1, 0.15) is 32.0 Å². The van der Waals surface area contributed by atoms with Crippen molar-refractivity contribution in [1.29, 1.82) is 0 Å². The highest BCUT2D eigenvalue weighted by molar-refractivity contribution is 5.85. The van der Waals surface area contributed by atoms with E-state index < -0.39 is 5.69 Å². The van der Waals surface area contributed by atoms with E-state index in [2.05, 4.69) is 25.7 Å². The van der Waals surface area contributed by atoms with Crippen molar-refractivity contribution in [1.82, 2.24) is 15.2 Å². The number of H-pyrrole nitrogens is 1. The first kappa shape index (κ1) is 19.2. The van der Waals surface area contributed by atoms with Crippen LogP contribution in [0.25, 0.3) is 0 Å². The summed E-state index contributed by atoms with van der Waals surface area (Å²) in [6, 6.07) is 3.44. The van der Waals surface area contributed by atoms with Crippen LogP contribution in [-0.2, 0) is 5.41 Å². The van der Waals surface area contributed by atoms with E-state index in [1.807, 2.05) is 20.8 Å². The Morgan fingerprint density at radius 2 is 1.69 bits per heavy atom. The summed E-state index contributed by atoms with van der Waals surface area (Å²) >= 11 is 0. The first-order valence-corrected chi connectivity index (χ1v) is 7.86. The maximum atomic E-state index is 11.5. The van der Waals surface area contributed by atoms with Gasteiger partial charge in [-0.05, 0) is 6.07 Å². The fourth-order valence-electron chi connectivity index (χ4n) is 2.25. The van der Waals surface area contributed by atoms with Crippen LogP contribution in [0.4, 0.5) is 5.82 Å². The summed E-state index contributed by atoms with van der Waals surface area (Å²) in [6.45, 7) is 5.88. The van der Waals surface area contributed by atoms with Gasteiger partial charge < -0.3 is 14.2 Å². The molecule has 1 heterocycles. The molecule has 140 valence electrons. The second-order valence-corrected chi connectivity index (χ2v) is 6.41. The van der Waals surface area contributed by atoms with E-state index in [0.717, 1.165) is 0 Å². The molecule has 0 saturated carbocycles. The molecule has 26 heavy (non-hydrogen) atoms. The summed E-state index contributed by atoms with van der Waals surface area (Å²) in [6.07, 6.45) is 1.54. The largest absolute Gasteiger partial charge is 0.496 e. The molecule has 0 saturated heterocycles. The maximum absolute atomic E-state index is 11.5. The topological polar surface area (TPSA) is 111 Å². The van der Waals surface area contributed by atoms with Crippen LogP contribution in [0, 0.1) is 0 Å². The lowest BCUT2D eigenvalue weighted by Crippen LogP contribution is -2.24.